The van der Waals surface area contributed by atoms with Crippen molar-refractivity contribution in [3.8, 4) is 11.5 Å². The van der Waals surface area contributed by atoms with Crippen LogP contribution in [0.5, 0.6) is 11.5 Å². The predicted octanol–water partition coefficient (Wildman–Crippen LogP) is 2.29. The number of methoxy groups -OCH3 is 1. The summed E-state index contributed by atoms with van der Waals surface area (Å²) in [5.74, 6) is 0.951. The predicted molar refractivity (Wildman–Crippen MR) is 85.9 cm³/mol. The number of sulfonamides is 1. The molecule has 0 aliphatic carbocycles. The van der Waals surface area contributed by atoms with Crippen molar-refractivity contribution >= 4 is 10.0 Å². The van der Waals surface area contributed by atoms with Crippen LogP contribution in [0.15, 0.2) is 53.4 Å². The van der Waals surface area contributed by atoms with Gasteiger partial charge in [-0.2, -0.15) is 0 Å². The molecule has 0 heterocycles. The number of aryl methyl sites for hydroxylation is 1. The van der Waals surface area contributed by atoms with E-state index < -0.39 is 10.0 Å². The Kier molecular flexibility index (Phi) is 5.97. The molecule has 0 amide bonds. The molecule has 1 N–H and O–H groups in total. The van der Waals surface area contributed by atoms with Crippen molar-refractivity contribution in [3.63, 3.8) is 0 Å². The third-order valence-corrected chi connectivity index (χ3v) is 4.21. The quantitative estimate of drug-likeness (QED) is 0.591. The standard InChI is InChI=1S/C16H19NO5S/c1-13-8-9-15(20-2)16(12-13)23(18,19)17-22-11-10-21-14-6-4-3-5-7-14/h3-9,12,17H,10-11H2,1-2H3. The lowest BCUT2D eigenvalue weighted by Crippen LogP contribution is -2.26. The van der Waals surface area contributed by atoms with Crippen LogP contribution in [0.4, 0.5) is 0 Å². The molecule has 0 aromatic heterocycles. The monoisotopic (exact) mass is 337 g/mol. The summed E-state index contributed by atoms with van der Waals surface area (Å²) in [5.41, 5.74) is 0.804. The van der Waals surface area contributed by atoms with Gasteiger partial charge in [-0.15, -0.1) is 0 Å². The van der Waals surface area contributed by atoms with Crippen LogP contribution in [0, 0.1) is 6.92 Å². The molecule has 7 heteroatoms. The van der Waals surface area contributed by atoms with Gasteiger partial charge in [0.1, 0.15) is 29.6 Å². The zero-order valence-corrected chi connectivity index (χ0v) is 13.8. The highest BCUT2D eigenvalue weighted by atomic mass is 32.2. The molecule has 23 heavy (non-hydrogen) atoms. The molecular weight excluding hydrogens is 318 g/mol. The van der Waals surface area contributed by atoms with Gasteiger partial charge in [0, 0.05) is 0 Å². The molecule has 6 nitrogen and oxygen atoms in total. The molecule has 2 rings (SSSR count). The summed E-state index contributed by atoms with van der Waals surface area (Å²) >= 11 is 0. The minimum atomic E-state index is -3.82. The summed E-state index contributed by atoms with van der Waals surface area (Å²) in [7, 11) is -2.41. The Morgan fingerprint density at radius 3 is 2.48 bits per heavy atom. The van der Waals surface area contributed by atoms with E-state index in [-0.39, 0.29) is 23.9 Å². The lowest BCUT2D eigenvalue weighted by molar-refractivity contribution is 0.0665. The molecule has 0 spiro atoms. The molecule has 0 aliphatic heterocycles. The SMILES string of the molecule is COc1ccc(C)cc1S(=O)(=O)NOCCOc1ccccc1. The van der Waals surface area contributed by atoms with Gasteiger partial charge >= 0.3 is 0 Å². The number of hydrogen-bond donors (Lipinski definition) is 1. The van der Waals surface area contributed by atoms with E-state index in [2.05, 4.69) is 4.89 Å². The maximum absolute atomic E-state index is 12.2. The molecule has 0 unspecified atom stereocenters. The van der Waals surface area contributed by atoms with Gasteiger partial charge in [-0.1, -0.05) is 29.2 Å². The molecule has 2 aromatic rings. The highest BCUT2D eigenvalue weighted by Gasteiger charge is 2.19. The van der Waals surface area contributed by atoms with E-state index in [9.17, 15) is 8.42 Å². The molecule has 2 aromatic carbocycles. The largest absolute Gasteiger partial charge is 0.495 e. The number of nitrogens with one attached hydrogen (secondary N) is 1. The van der Waals surface area contributed by atoms with Gasteiger partial charge in [0.05, 0.1) is 7.11 Å². The van der Waals surface area contributed by atoms with Crippen molar-refractivity contribution in [1.29, 1.82) is 0 Å². The van der Waals surface area contributed by atoms with E-state index in [4.69, 9.17) is 14.3 Å². The Hall–Kier alpha value is -2.09. The van der Waals surface area contributed by atoms with Gasteiger partial charge in [-0.3, -0.25) is 4.84 Å². The van der Waals surface area contributed by atoms with Gasteiger partial charge in [-0.25, -0.2) is 8.42 Å². The van der Waals surface area contributed by atoms with Crippen LogP contribution >= 0.6 is 0 Å². The second kappa shape index (κ2) is 7.96. The average molecular weight is 337 g/mol. The fourth-order valence-corrected chi connectivity index (χ4v) is 2.96. The highest BCUT2D eigenvalue weighted by molar-refractivity contribution is 7.89. The van der Waals surface area contributed by atoms with Crippen molar-refractivity contribution in [2.75, 3.05) is 20.3 Å². The lowest BCUT2D eigenvalue weighted by atomic mass is 10.2. The van der Waals surface area contributed by atoms with Crippen molar-refractivity contribution in [2.24, 2.45) is 0 Å². The van der Waals surface area contributed by atoms with Crippen molar-refractivity contribution < 1.29 is 22.7 Å². The summed E-state index contributed by atoms with van der Waals surface area (Å²) in [6, 6.07) is 14.1. The Morgan fingerprint density at radius 1 is 1.04 bits per heavy atom. The summed E-state index contributed by atoms with van der Waals surface area (Å²) < 4.78 is 35.0. The van der Waals surface area contributed by atoms with E-state index in [0.717, 1.165) is 5.56 Å². The van der Waals surface area contributed by atoms with Gasteiger partial charge in [-0.05, 0) is 36.8 Å². The zero-order chi connectivity index (χ0) is 16.7. The molecule has 0 aliphatic rings. The number of benzene rings is 2. The first-order valence-electron chi connectivity index (χ1n) is 6.99. The maximum atomic E-state index is 12.2. The Morgan fingerprint density at radius 2 is 1.78 bits per heavy atom. The topological polar surface area (TPSA) is 73.9 Å². The fourth-order valence-electron chi connectivity index (χ4n) is 1.88. The number of rotatable bonds is 8. The van der Waals surface area contributed by atoms with Crippen molar-refractivity contribution in [2.45, 2.75) is 11.8 Å². The fraction of sp³-hybridized carbons (Fsp3) is 0.250. The molecule has 0 saturated heterocycles. The van der Waals surface area contributed by atoms with E-state index in [0.29, 0.717) is 5.75 Å². The van der Waals surface area contributed by atoms with E-state index in [1.807, 2.05) is 30.3 Å². The second-order valence-electron chi connectivity index (χ2n) is 4.75. The van der Waals surface area contributed by atoms with Gasteiger partial charge < -0.3 is 9.47 Å². The third kappa shape index (κ3) is 4.95. The molecule has 0 bridgehead atoms. The Balaban J connectivity index is 1.88. The Labute approximate surface area is 136 Å². The number of ether oxygens (including phenoxy) is 2. The molecule has 0 atom stereocenters. The van der Waals surface area contributed by atoms with Crippen LogP contribution in [0.1, 0.15) is 5.56 Å². The molecule has 0 radical (unpaired) electrons. The summed E-state index contributed by atoms with van der Waals surface area (Å²) in [6.45, 7) is 2.09. The van der Waals surface area contributed by atoms with E-state index >= 15 is 0 Å². The normalized spacial score (nSPS) is 11.2. The molecule has 0 saturated carbocycles. The van der Waals surface area contributed by atoms with E-state index in [1.165, 1.54) is 13.2 Å². The van der Waals surface area contributed by atoms with E-state index in [1.54, 1.807) is 19.1 Å². The maximum Gasteiger partial charge on any atom is 0.266 e. The molecule has 0 fully saturated rings. The van der Waals surface area contributed by atoms with Crippen LogP contribution in [-0.4, -0.2) is 28.7 Å². The van der Waals surface area contributed by atoms with Crippen LogP contribution in [-0.2, 0) is 14.9 Å². The lowest BCUT2D eigenvalue weighted by Gasteiger charge is -2.12. The van der Waals surface area contributed by atoms with Gasteiger partial charge in [0.2, 0.25) is 0 Å². The van der Waals surface area contributed by atoms with Gasteiger partial charge in [0.15, 0.2) is 0 Å². The number of hydrogen-bond acceptors (Lipinski definition) is 5. The van der Waals surface area contributed by atoms with Crippen molar-refractivity contribution in [1.82, 2.24) is 4.89 Å². The second-order valence-corrected chi connectivity index (χ2v) is 6.36. The zero-order valence-electron chi connectivity index (χ0n) is 13.0. The third-order valence-electron chi connectivity index (χ3n) is 2.97. The highest BCUT2D eigenvalue weighted by Crippen LogP contribution is 2.24. The first-order valence-corrected chi connectivity index (χ1v) is 8.47. The first kappa shape index (κ1) is 17.3. The minimum absolute atomic E-state index is 0.0315. The molecule has 124 valence electrons. The summed E-state index contributed by atoms with van der Waals surface area (Å²) in [5, 5.41) is 0. The summed E-state index contributed by atoms with van der Waals surface area (Å²) in [6.07, 6.45) is 0. The molecular formula is C16H19NO5S. The first-order chi connectivity index (χ1) is 11.0. The number of para-hydroxylation sites is 1. The van der Waals surface area contributed by atoms with Crippen molar-refractivity contribution in [3.05, 3.63) is 54.1 Å². The van der Waals surface area contributed by atoms with Crippen LogP contribution in [0.2, 0.25) is 0 Å². The smallest absolute Gasteiger partial charge is 0.266 e. The summed E-state index contributed by atoms with van der Waals surface area (Å²) in [4.78, 5) is 7.10. The van der Waals surface area contributed by atoms with Gasteiger partial charge in [0.25, 0.3) is 10.0 Å². The Bertz CT molecular complexity index is 731. The minimum Gasteiger partial charge on any atom is -0.495 e. The van der Waals surface area contributed by atoms with Crippen LogP contribution in [0.3, 0.4) is 0 Å². The van der Waals surface area contributed by atoms with Crippen LogP contribution in [0.25, 0.3) is 0 Å². The average Bonchev–Trinajstić information content (AvgIpc) is 2.55. The van der Waals surface area contributed by atoms with Crippen LogP contribution < -0.4 is 14.4 Å².